The van der Waals surface area contributed by atoms with Gasteiger partial charge in [-0.25, -0.2) is 51.9 Å². The van der Waals surface area contributed by atoms with E-state index in [1.54, 1.807) is 36.1 Å². The summed E-state index contributed by atoms with van der Waals surface area (Å²) >= 11 is 3.23. The lowest BCUT2D eigenvalue weighted by atomic mass is 9.89. The number of fused-ring (bicyclic) bond motifs is 10. The molecule has 0 amide bonds. The van der Waals surface area contributed by atoms with Gasteiger partial charge < -0.3 is 136 Å². The molecule has 0 bridgehead atoms. The Labute approximate surface area is 862 Å². The first-order chi connectivity index (χ1) is 71.8. The predicted octanol–water partition coefficient (Wildman–Crippen LogP) is 11.4. The third-order valence-electron chi connectivity index (χ3n) is 31.5. The number of ether oxygens (including phenoxy) is 5. The van der Waals surface area contributed by atoms with E-state index in [9.17, 15) is 73.0 Å². The molecule has 4 aliphatic heterocycles. The van der Waals surface area contributed by atoms with Gasteiger partial charge in [0.15, 0.2) is 17.5 Å². The molecule has 5 fully saturated rings. The van der Waals surface area contributed by atoms with Crippen molar-refractivity contribution in [3.05, 3.63) is 271 Å². The molecular formula is C110H122BrF5N18O15. The van der Waals surface area contributed by atoms with Crippen molar-refractivity contribution in [1.82, 2.24) is 73.6 Å². The van der Waals surface area contributed by atoms with Gasteiger partial charge in [-0.15, -0.1) is 0 Å². The van der Waals surface area contributed by atoms with Crippen molar-refractivity contribution >= 4 is 88.2 Å². The normalized spacial score (nSPS) is 26.4. The number of rotatable bonds is 15. The SMILES string of the molecule is CN1CCc2cccc(OC3CC(n4cc(F)c5c(N)ccnc54)[C@H](O)[C@@H]3O)c2C1.Cc1cc(OC2CC(n3cc(F)c4c(N)ccnc43)[C@H](O)[C@@H]2O)c2c(c1F)CCNC2.Cc1cc2c(c(OC3CC(n4cc(C)c5c(C)ncnc54)[C@H](O)[C@@H]3O)c1)CCCC2.Nc1ccnc2c1c(F)cn2C1CC(Oc2cc(Br)c(F)c3c2CNCC3)[C@@H](O)[C@H]1O.O[C@@H]1C(Oc2cccc3c2CNCC3)CC(n2ccc3cccnc32)[C@@H]1O. The fraction of sp³-hybridized carbons (Fsp3) is 0.418. The highest BCUT2D eigenvalue weighted by Gasteiger charge is 2.51. The van der Waals surface area contributed by atoms with Gasteiger partial charge in [0, 0.05) is 171 Å². The van der Waals surface area contributed by atoms with Crippen LogP contribution in [0.3, 0.4) is 0 Å². The fourth-order valence-electron chi connectivity index (χ4n) is 23.8. The Hall–Kier alpha value is -12.6. The van der Waals surface area contributed by atoms with Crippen molar-refractivity contribution in [2.45, 2.75) is 259 Å². The summed E-state index contributed by atoms with van der Waals surface area (Å²) in [4.78, 5) is 28.1. The number of nitrogens with zero attached hydrogens (tertiary/aromatic N) is 12. The second-order valence-electron chi connectivity index (χ2n) is 40.9. The van der Waals surface area contributed by atoms with E-state index in [0.717, 1.165) is 119 Å². The van der Waals surface area contributed by atoms with Crippen LogP contribution in [0, 0.1) is 56.8 Å². The van der Waals surface area contributed by atoms with Crippen molar-refractivity contribution in [3.63, 3.8) is 0 Å². The van der Waals surface area contributed by atoms with Crippen LogP contribution in [0.4, 0.5) is 39.0 Å². The Balaban J connectivity index is 0.000000109. The average molecular weight is 2110 g/mol. The molecule has 25 rings (SSSR count). The van der Waals surface area contributed by atoms with E-state index in [1.165, 1.54) is 105 Å². The van der Waals surface area contributed by atoms with Crippen LogP contribution in [0.15, 0.2) is 164 Å². The van der Waals surface area contributed by atoms with Crippen LogP contribution in [0.1, 0.15) is 153 Å². The number of aromatic nitrogens is 11. The number of hydrogen-bond acceptors (Lipinski definition) is 28. The average Bonchev–Trinajstić information content (AvgIpc) is 1.62. The summed E-state index contributed by atoms with van der Waals surface area (Å²) in [6.07, 6.45) is 10.9. The zero-order valence-electron chi connectivity index (χ0n) is 82.8. The Kier molecular flexibility index (Phi) is 29.1. The van der Waals surface area contributed by atoms with E-state index in [4.69, 9.17) is 40.9 Å². The van der Waals surface area contributed by atoms with Crippen LogP contribution in [0.5, 0.6) is 28.7 Å². The molecule has 10 aromatic heterocycles. The van der Waals surface area contributed by atoms with Gasteiger partial charge in [0.1, 0.15) is 167 Å². The lowest BCUT2D eigenvalue weighted by Gasteiger charge is -2.28. The minimum absolute atomic E-state index is 0.177. The molecule has 10 unspecified atom stereocenters. The Morgan fingerprint density at radius 1 is 0.362 bits per heavy atom. The van der Waals surface area contributed by atoms with Crippen molar-refractivity contribution in [3.8, 4) is 28.7 Å². The van der Waals surface area contributed by atoms with E-state index in [0.29, 0.717) is 109 Å². The first kappa shape index (κ1) is 102. The number of nitrogens with two attached hydrogens (primary N) is 3. The fourth-order valence-corrected chi connectivity index (χ4v) is 24.2. The topological polar surface area (TPSA) is 468 Å². The number of pyridine rings is 4. The van der Waals surface area contributed by atoms with Gasteiger partial charge in [-0.2, -0.15) is 0 Å². The highest BCUT2D eigenvalue weighted by molar-refractivity contribution is 9.10. The van der Waals surface area contributed by atoms with Crippen molar-refractivity contribution in [2.75, 3.05) is 50.4 Å². The summed E-state index contributed by atoms with van der Waals surface area (Å²) in [6.45, 7) is 13.5. The second kappa shape index (κ2) is 42.3. The van der Waals surface area contributed by atoms with E-state index in [1.807, 2.05) is 77.8 Å². The molecule has 5 saturated carbocycles. The van der Waals surface area contributed by atoms with Crippen LogP contribution in [-0.2, 0) is 64.7 Å². The highest BCUT2D eigenvalue weighted by atomic mass is 79.9. The molecule has 0 radical (unpaired) electrons. The zero-order chi connectivity index (χ0) is 104. The zero-order valence-corrected chi connectivity index (χ0v) is 84.4. The number of aryl methyl sites for hydroxylation is 5. The summed E-state index contributed by atoms with van der Waals surface area (Å²) in [5.41, 5.74) is 34.7. The van der Waals surface area contributed by atoms with Crippen LogP contribution >= 0.6 is 15.9 Å². The molecule has 149 heavy (non-hydrogen) atoms. The maximum atomic E-state index is 14.6. The molecular weight excluding hydrogens is 1990 g/mol. The third kappa shape index (κ3) is 19.4. The quantitative estimate of drug-likeness (QED) is 0.0424. The van der Waals surface area contributed by atoms with Gasteiger partial charge in [-0.3, -0.25) is 0 Å². The van der Waals surface area contributed by atoms with Crippen LogP contribution in [0.25, 0.3) is 55.2 Å². The molecule has 784 valence electrons. The molecule has 6 aliphatic carbocycles. The van der Waals surface area contributed by atoms with Gasteiger partial charge in [-0.05, 0) is 238 Å². The summed E-state index contributed by atoms with van der Waals surface area (Å²) in [5, 5.41) is 120. The van der Waals surface area contributed by atoms with Gasteiger partial charge >= 0.3 is 0 Å². The predicted molar refractivity (Wildman–Crippen MR) is 552 cm³/mol. The molecule has 14 heterocycles. The molecule has 19 N–H and O–H groups in total. The van der Waals surface area contributed by atoms with Gasteiger partial charge in [-0.1, -0.05) is 30.3 Å². The Morgan fingerprint density at radius 3 is 1.30 bits per heavy atom. The molecule has 33 nitrogen and oxygen atoms in total. The molecule has 39 heteroatoms. The lowest BCUT2D eigenvalue weighted by Crippen LogP contribution is -2.35. The first-order valence-corrected chi connectivity index (χ1v) is 51.6. The van der Waals surface area contributed by atoms with Crippen LogP contribution < -0.4 is 56.8 Å². The van der Waals surface area contributed by atoms with Gasteiger partial charge in [0.25, 0.3) is 0 Å². The molecule has 0 saturated heterocycles. The van der Waals surface area contributed by atoms with Gasteiger partial charge in [0.05, 0.1) is 56.5 Å². The number of aliphatic hydroxyl groups is 10. The van der Waals surface area contributed by atoms with E-state index in [-0.39, 0.29) is 74.3 Å². The van der Waals surface area contributed by atoms with E-state index in [2.05, 4.69) is 105 Å². The number of anilines is 3. The number of likely N-dealkylation sites (N-methyl/N-ethyl adjacent to an activating group) is 1. The van der Waals surface area contributed by atoms with Gasteiger partial charge in [0.2, 0.25) is 0 Å². The largest absolute Gasteiger partial charge is 0.487 e. The second-order valence-corrected chi connectivity index (χ2v) is 41.8. The highest BCUT2D eigenvalue weighted by Crippen LogP contribution is 2.48. The monoisotopic (exact) mass is 2110 g/mol. The maximum absolute atomic E-state index is 14.6. The molecule has 10 aliphatic rings. The number of aliphatic hydroxyl groups excluding tert-OH is 10. The number of benzene rings is 5. The molecule has 0 spiro atoms. The minimum atomic E-state index is -1.22. The molecule has 20 atom stereocenters. The number of nitrogen functional groups attached to an aromatic ring is 3. The summed E-state index contributed by atoms with van der Waals surface area (Å²) < 4.78 is 112. The Bertz CT molecular complexity index is 7360. The van der Waals surface area contributed by atoms with Crippen LogP contribution in [0.2, 0.25) is 0 Å². The number of hydrogen-bond donors (Lipinski definition) is 16. The smallest absolute Gasteiger partial charge is 0.152 e. The van der Waals surface area contributed by atoms with Crippen LogP contribution in [-0.4, -0.2) is 233 Å². The molecule has 5 aromatic carbocycles. The lowest BCUT2D eigenvalue weighted by molar-refractivity contribution is -0.0168. The summed E-state index contributed by atoms with van der Waals surface area (Å²) in [6, 6.07) is 27.5. The van der Waals surface area contributed by atoms with Crippen molar-refractivity contribution in [1.29, 1.82) is 0 Å². The summed E-state index contributed by atoms with van der Waals surface area (Å²) in [5.74, 6) is 1.19. The van der Waals surface area contributed by atoms with Crippen molar-refractivity contribution < 1.29 is 96.7 Å². The first-order valence-electron chi connectivity index (χ1n) is 50.8. The number of halogens is 6. The van der Waals surface area contributed by atoms with Crippen molar-refractivity contribution in [2.24, 2.45) is 0 Å². The third-order valence-corrected chi connectivity index (χ3v) is 32.1. The van der Waals surface area contributed by atoms with E-state index >= 15 is 0 Å². The number of nitrogens with one attached hydrogen (secondary N) is 3. The molecule has 15 aromatic rings. The maximum Gasteiger partial charge on any atom is 0.152 e. The Morgan fingerprint density at radius 2 is 0.785 bits per heavy atom. The minimum Gasteiger partial charge on any atom is -0.487 e. The van der Waals surface area contributed by atoms with E-state index < -0.39 is 127 Å². The summed E-state index contributed by atoms with van der Waals surface area (Å²) in [7, 11) is 2.06. The standard InChI is InChI=1S/C24H29N3O3.C22H24F2N4O3.C22H25FN4O3.C21H21BrF2N4O3.C21H23N3O3/c1-13-8-16-6-4-5-7-17(16)19(9-13)30-20-10-18(22(28)23(20)29)27-11-14(2)21-15(3)25-12-26-24(21)27;1-10-6-16(12-8-26-4-2-11(12)19(10)24)31-17-7-15(20(29)21(17)30)28-9-13(23)18-14(25)3-5-27-22(18)28;1-26-8-6-12-3-2-4-17(13(12)10-26)30-18-9-16(20(28)21(18)29)27-11-14(23)19-15(24)5-7-25-22(19)27;22-11-5-15(10-7-26-3-1-9(10)18(11)24)31-16-6-14(19(29)20(16)30)28-8-12(23)17-13(25)2-4-27-21(17)28;25-19-16(24-10-7-14-4-2-8-23-21(14)24)11-18(20(19)26)27-17-5-1-3-13-6-9-22-12-15(13)17/h8-9,11-12,18,20,22-23,28-29H,4-7,10H2,1-3H3;3,5-6,9,15,17,20-21,26,29-30H,2,4,7-8H2,1H3,(H2,25,27);2-5,7,11,16,18,20-21,28-29H,6,8-10H2,1H3,(H2,24,25);2,4-5,8,14,16,19-20,26,29-30H,1,3,6-7H2,(H2,25,27);1-5,7-8,10,16,18-20,22,25-26H,6,9,11-12H2/t18?,20?,22-,23+;15?,17?,20-,21+;16?,18?,20-,21+;14?,16?,19-,20+;16?,18?,19-,20+/m00000/s1.